The predicted molar refractivity (Wildman–Crippen MR) is 122 cm³/mol. The van der Waals surface area contributed by atoms with E-state index in [0.29, 0.717) is 24.5 Å². The summed E-state index contributed by atoms with van der Waals surface area (Å²) >= 11 is 6.26. The summed E-state index contributed by atoms with van der Waals surface area (Å²) in [5, 5.41) is 10.8. The van der Waals surface area contributed by atoms with E-state index in [2.05, 4.69) is 5.32 Å². The number of hydrogen-bond acceptors (Lipinski definition) is 4. The van der Waals surface area contributed by atoms with Crippen LogP contribution in [0.4, 0.5) is 18.9 Å². The SMILES string of the molecule is O=C(Nc1cc(F)c(F)c(F)c1)c1ccc(Cl)c(S(=O)(=O)C2C3CC[C@H]2CC(CCCO)C3)c1. The van der Waals surface area contributed by atoms with Crippen LogP contribution >= 0.6 is 11.6 Å². The summed E-state index contributed by atoms with van der Waals surface area (Å²) in [6.45, 7) is 0.120. The topological polar surface area (TPSA) is 83.5 Å². The van der Waals surface area contributed by atoms with Crippen molar-refractivity contribution >= 4 is 33.0 Å². The van der Waals surface area contributed by atoms with Crippen molar-refractivity contribution in [2.75, 3.05) is 11.9 Å². The molecular formula is C24H25ClF3NO4S. The van der Waals surface area contributed by atoms with Gasteiger partial charge in [0.1, 0.15) is 0 Å². The third kappa shape index (κ3) is 4.83. The fourth-order valence-electron chi connectivity index (χ4n) is 5.56. The van der Waals surface area contributed by atoms with Crippen molar-refractivity contribution in [3.05, 3.63) is 58.4 Å². The Balaban J connectivity index is 1.58. The third-order valence-corrected chi connectivity index (χ3v) is 9.86. The zero-order chi connectivity index (χ0) is 24.6. The smallest absolute Gasteiger partial charge is 0.255 e. The van der Waals surface area contributed by atoms with Crippen molar-refractivity contribution in [2.24, 2.45) is 17.8 Å². The molecule has 4 rings (SSSR count). The lowest BCUT2D eigenvalue weighted by molar-refractivity contribution is 0.102. The minimum atomic E-state index is -3.85. The molecule has 2 aliphatic carbocycles. The van der Waals surface area contributed by atoms with Gasteiger partial charge in [0.15, 0.2) is 27.3 Å². The monoisotopic (exact) mass is 515 g/mol. The van der Waals surface area contributed by atoms with Gasteiger partial charge in [0, 0.05) is 30.0 Å². The molecule has 2 aromatic rings. The molecule has 1 amide bonds. The van der Waals surface area contributed by atoms with Gasteiger partial charge < -0.3 is 10.4 Å². The molecule has 2 aliphatic rings. The summed E-state index contributed by atoms with van der Waals surface area (Å²) < 4.78 is 67.4. The number of aliphatic hydroxyl groups excluding tert-OH is 1. The molecule has 34 heavy (non-hydrogen) atoms. The fourth-order valence-corrected chi connectivity index (χ4v) is 8.43. The number of benzene rings is 2. The molecule has 10 heteroatoms. The fraction of sp³-hybridized carbons (Fsp3) is 0.458. The first-order chi connectivity index (χ1) is 16.1. The summed E-state index contributed by atoms with van der Waals surface area (Å²) in [6, 6.07) is 5.07. The van der Waals surface area contributed by atoms with E-state index in [9.17, 15) is 26.4 Å². The van der Waals surface area contributed by atoms with Crippen molar-refractivity contribution < 1.29 is 31.5 Å². The summed E-state index contributed by atoms with van der Waals surface area (Å²) in [4.78, 5) is 12.5. The van der Waals surface area contributed by atoms with E-state index in [4.69, 9.17) is 16.7 Å². The number of carbonyl (C=O) groups is 1. The second kappa shape index (κ2) is 9.87. The van der Waals surface area contributed by atoms with E-state index >= 15 is 0 Å². The molecule has 0 saturated heterocycles. The Morgan fingerprint density at radius 3 is 2.26 bits per heavy atom. The number of aliphatic hydroxyl groups is 1. The number of halogens is 4. The minimum Gasteiger partial charge on any atom is -0.396 e. The third-order valence-electron chi connectivity index (χ3n) is 6.98. The van der Waals surface area contributed by atoms with Gasteiger partial charge in [-0.15, -0.1) is 0 Å². The maximum Gasteiger partial charge on any atom is 0.255 e. The molecule has 2 aromatic carbocycles. The molecule has 2 saturated carbocycles. The Hall–Kier alpha value is -2.10. The maximum atomic E-state index is 13.7. The van der Waals surface area contributed by atoms with Crippen LogP contribution in [-0.4, -0.2) is 31.3 Å². The van der Waals surface area contributed by atoms with Gasteiger partial charge in [-0.3, -0.25) is 4.79 Å². The van der Waals surface area contributed by atoms with Crippen LogP contribution < -0.4 is 5.32 Å². The van der Waals surface area contributed by atoms with Gasteiger partial charge in [-0.25, -0.2) is 21.6 Å². The molecule has 0 spiro atoms. The molecule has 0 aliphatic heterocycles. The predicted octanol–water partition coefficient (Wildman–Crippen LogP) is 5.36. The highest BCUT2D eigenvalue weighted by Crippen LogP contribution is 2.51. The number of fused-ring (bicyclic) bond motifs is 2. The van der Waals surface area contributed by atoms with Gasteiger partial charge in [-0.05, 0) is 74.5 Å². The van der Waals surface area contributed by atoms with E-state index in [1.54, 1.807) is 0 Å². The number of carbonyl (C=O) groups excluding carboxylic acids is 1. The maximum absolute atomic E-state index is 13.7. The molecule has 2 fully saturated rings. The van der Waals surface area contributed by atoms with Crippen molar-refractivity contribution in [2.45, 2.75) is 48.7 Å². The Bertz CT molecular complexity index is 1170. The molecule has 0 heterocycles. The van der Waals surface area contributed by atoms with Gasteiger partial charge in [-0.2, -0.15) is 0 Å². The first-order valence-corrected chi connectivity index (χ1v) is 13.1. The van der Waals surface area contributed by atoms with Crippen LogP contribution in [0, 0.1) is 35.2 Å². The van der Waals surface area contributed by atoms with Crippen LogP contribution in [-0.2, 0) is 9.84 Å². The number of rotatable bonds is 7. The molecule has 4 atom stereocenters. The number of hydrogen-bond donors (Lipinski definition) is 2. The largest absolute Gasteiger partial charge is 0.396 e. The number of amides is 1. The van der Waals surface area contributed by atoms with Crippen LogP contribution in [0.3, 0.4) is 0 Å². The first-order valence-electron chi connectivity index (χ1n) is 11.2. The Morgan fingerprint density at radius 1 is 1.06 bits per heavy atom. The van der Waals surface area contributed by atoms with Crippen LogP contribution in [0.15, 0.2) is 35.2 Å². The Kier molecular flexibility index (Phi) is 7.26. The second-order valence-corrected chi connectivity index (χ2v) is 11.6. The Morgan fingerprint density at radius 2 is 1.68 bits per heavy atom. The van der Waals surface area contributed by atoms with Gasteiger partial charge in [-0.1, -0.05) is 11.6 Å². The molecule has 0 radical (unpaired) electrons. The Labute approximate surface area is 201 Å². The zero-order valence-corrected chi connectivity index (χ0v) is 19.8. The van der Waals surface area contributed by atoms with E-state index in [1.807, 2.05) is 0 Å². The van der Waals surface area contributed by atoms with Gasteiger partial charge in [0.2, 0.25) is 0 Å². The quantitative estimate of drug-likeness (QED) is 0.486. The molecule has 5 nitrogen and oxygen atoms in total. The molecular weight excluding hydrogens is 491 g/mol. The summed E-state index contributed by atoms with van der Waals surface area (Å²) in [6.07, 6.45) is 4.75. The standard InChI is InChI=1S/C24H25ClF3NO4S/c25-18-6-5-16(24(31)29-17-11-19(26)22(28)20(27)12-17)10-21(18)34(32,33)23-14-3-4-15(23)9-13(8-14)2-1-7-30/h5-6,10-15,23,30H,1-4,7-9H2,(H,29,31)/t13?,14-,15?,23?/m0/s1. The normalized spacial score (nSPS) is 24.3. The molecule has 2 N–H and O–H groups in total. The lowest BCUT2D eigenvalue weighted by atomic mass is 9.78. The van der Waals surface area contributed by atoms with Gasteiger partial charge >= 0.3 is 0 Å². The van der Waals surface area contributed by atoms with Crippen molar-refractivity contribution in [1.29, 1.82) is 0 Å². The van der Waals surface area contributed by atoms with Crippen molar-refractivity contribution in [1.82, 2.24) is 0 Å². The van der Waals surface area contributed by atoms with Crippen LogP contribution in [0.5, 0.6) is 0 Å². The zero-order valence-electron chi connectivity index (χ0n) is 18.2. The molecule has 2 bridgehead atoms. The first kappa shape index (κ1) is 25.0. The number of anilines is 1. The van der Waals surface area contributed by atoms with Crippen molar-refractivity contribution in [3.63, 3.8) is 0 Å². The molecule has 0 aromatic heterocycles. The average molecular weight is 516 g/mol. The lowest BCUT2D eigenvalue weighted by Crippen LogP contribution is -2.37. The summed E-state index contributed by atoms with van der Waals surface area (Å²) in [7, 11) is -3.85. The summed E-state index contributed by atoms with van der Waals surface area (Å²) in [5.41, 5.74) is -0.364. The van der Waals surface area contributed by atoms with E-state index in [1.165, 1.54) is 18.2 Å². The average Bonchev–Trinajstić information content (AvgIpc) is 3.07. The van der Waals surface area contributed by atoms with E-state index in [-0.39, 0.29) is 39.6 Å². The van der Waals surface area contributed by atoms with Gasteiger partial charge in [0.25, 0.3) is 5.91 Å². The van der Waals surface area contributed by atoms with Crippen LogP contribution in [0.25, 0.3) is 0 Å². The second-order valence-electron chi connectivity index (χ2n) is 9.16. The van der Waals surface area contributed by atoms with E-state index in [0.717, 1.165) is 32.1 Å². The van der Waals surface area contributed by atoms with Crippen LogP contribution in [0.1, 0.15) is 48.9 Å². The molecule has 3 unspecified atom stereocenters. The number of sulfone groups is 1. The number of nitrogens with one attached hydrogen (secondary N) is 1. The highest BCUT2D eigenvalue weighted by Gasteiger charge is 2.49. The van der Waals surface area contributed by atoms with Gasteiger partial charge in [0.05, 0.1) is 15.2 Å². The minimum absolute atomic E-state index is 0.00257. The molecule has 184 valence electrons. The lowest BCUT2D eigenvalue weighted by Gasteiger charge is -2.35. The highest BCUT2D eigenvalue weighted by atomic mass is 35.5. The van der Waals surface area contributed by atoms with E-state index < -0.39 is 38.4 Å². The van der Waals surface area contributed by atoms with Crippen LogP contribution in [0.2, 0.25) is 5.02 Å². The van der Waals surface area contributed by atoms with Crippen molar-refractivity contribution in [3.8, 4) is 0 Å². The summed E-state index contributed by atoms with van der Waals surface area (Å²) in [5.74, 6) is -5.01. The highest BCUT2D eigenvalue weighted by molar-refractivity contribution is 7.92.